The summed E-state index contributed by atoms with van der Waals surface area (Å²) in [6, 6.07) is 0. The number of unbranched alkanes of at least 4 members (excludes halogenated alkanes) is 2. The van der Waals surface area contributed by atoms with E-state index in [2.05, 4.69) is 36.7 Å². The Morgan fingerprint density at radius 1 is 1.18 bits per heavy atom. The highest BCUT2D eigenvalue weighted by Gasteiger charge is 2.19. The Bertz CT molecular complexity index is 314. The van der Waals surface area contributed by atoms with Gasteiger partial charge in [-0.2, -0.15) is 12.6 Å². The molecule has 5 nitrogen and oxygen atoms in total. The standard InChI is InChI=1S/C16H33N3O2S/c1-3-5-7-14(16(17)21)13-19(11-12-22)10-8-15(20)18-9-6-4-2/h14,22H,3-13H2,1-2H3,(H2,17,21)(H,18,20). The van der Waals surface area contributed by atoms with E-state index in [0.29, 0.717) is 25.3 Å². The van der Waals surface area contributed by atoms with Crippen molar-refractivity contribution in [3.8, 4) is 0 Å². The Morgan fingerprint density at radius 3 is 2.41 bits per heavy atom. The normalized spacial score (nSPS) is 12.4. The molecule has 0 aliphatic rings. The first-order valence-corrected chi connectivity index (χ1v) is 9.07. The SMILES string of the molecule is CCCCNC(=O)CCN(CCS)CC(CCCC)C(N)=O. The molecule has 3 N–H and O–H groups in total. The summed E-state index contributed by atoms with van der Waals surface area (Å²) in [6.45, 7) is 6.97. The van der Waals surface area contributed by atoms with Crippen LogP contribution < -0.4 is 11.1 Å². The van der Waals surface area contributed by atoms with Crippen LogP contribution in [0.1, 0.15) is 52.4 Å². The molecule has 0 aromatic heterocycles. The fourth-order valence-corrected chi connectivity index (χ4v) is 2.56. The summed E-state index contributed by atoms with van der Waals surface area (Å²) >= 11 is 4.26. The van der Waals surface area contributed by atoms with E-state index in [1.807, 2.05) is 0 Å². The molecule has 0 saturated carbocycles. The fourth-order valence-electron chi connectivity index (χ4n) is 2.27. The number of primary amides is 1. The van der Waals surface area contributed by atoms with Crippen molar-refractivity contribution in [3.05, 3.63) is 0 Å². The van der Waals surface area contributed by atoms with Crippen LogP contribution in [0.25, 0.3) is 0 Å². The Labute approximate surface area is 140 Å². The van der Waals surface area contributed by atoms with Crippen LogP contribution in [0.2, 0.25) is 0 Å². The van der Waals surface area contributed by atoms with Gasteiger partial charge in [-0.1, -0.05) is 33.1 Å². The quantitative estimate of drug-likeness (QED) is 0.336. The van der Waals surface area contributed by atoms with Crippen LogP contribution in [-0.2, 0) is 9.59 Å². The van der Waals surface area contributed by atoms with Crippen molar-refractivity contribution in [3.63, 3.8) is 0 Å². The van der Waals surface area contributed by atoms with Crippen molar-refractivity contribution in [1.82, 2.24) is 10.2 Å². The van der Waals surface area contributed by atoms with Gasteiger partial charge in [0.2, 0.25) is 11.8 Å². The van der Waals surface area contributed by atoms with Crippen molar-refractivity contribution >= 4 is 24.4 Å². The third-order valence-corrected chi connectivity index (χ3v) is 3.91. The van der Waals surface area contributed by atoms with E-state index in [-0.39, 0.29) is 17.7 Å². The molecule has 0 radical (unpaired) electrons. The van der Waals surface area contributed by atoms with Gasteiger partial charge < -0.3 is 16.0 Å². The molecule has 0 saturated heterocycles. The number of thiol groups is 1. The van der Waals surface area contributed by atoms with Crippen LogP contribution in [0.5, 0.6) is 0 Å². The van der Waals surface area contributed by atoms with E-state index in [1.54, 1.807) is 0 Å². The van der Waals surface area contributed by atoms with Crippen molar-refractivity contribution in [2.45, 2.75) is 52.4 Å². The Hall–Kier alpha value is -0.750. The molecule has 22 heavy (non-hydrogen) atoms. The summed E-state index contributed by atoms with van der Waals surface area (Å²) in [5, 5.41) is 2.92. The zero-order chi connectivity index (χ0) is 16.8. The lowest BCUT2D eigenvalue weighted by atomic mass is 10.0. The van der Waals surface area contributed by atoms with Crippen LogP contribution in [0.4, 0.5) is 0 Å². The van der Waals surface area contributed by atoms with Gasteiger partial charge in [-0.05, 0) is 12.8 Å². The minimum Gasteiger partial charge on any atom is -0.369 e. The van der Waals surface area contributed by atoms with Gasteiger partial charge in [0.25, 0.3) is 0 Å². The molecule has 0 aliphatic heterocycles. The molecule has 0 bridgehead atoms. The van der Waals surface area contributed by atoms with Gasteiger partial charge in [0.05, 0.1) is 5.92 Å². The van der Waals surface area contributed by atoms with Crippen molar-refractivity contribution in [2.75, 3.05) is 31.9 Å². The minimum atomic E-state index is -0.245. The topological polar surface area (TPSA) is 75.4 Å². The van der Waals surface area contributed by atoms with E-state index in [4.69, 9.17) is 5.73 Å². The van der Waals surface area contributed by atoms with Gasteiger partial charge in [-0.25, -0.2) is 0 Å². The Morgan fingerprint density at radius 2 is 1.86 bits per heavy atom. The molecule has 2 amide bonds. The van der Waals surface area contributed by atoms with Crippen LogP contribution in [-0.4, -0.2) is 48.6 Å². The molecule has 1 unspecified atom stereocenters. The maximum absolute atomic E-state index is 11.8. The molecular formula is C16H33N3O2S. The van der Waals surface area contributed by atoms with Gasteiger partial charge in [0, 0.05) is 38.4 Å². The highest BCUT2D eigenvalue weighted by molar-refractivity contribution is 7.80. The second-order valence-electron chi connectivity index (χ2n) is 5.72. The van der Waals surface area contributed by atoms with Crippen LogP contribution >= 0.6 is 12.6 Å². The highest BCUT2D eigenvalue weighted by atomic mass is 32.1. The fraction of sp³-hybridized carbons (Fsp3) is 0.875. The zero-order valence-electron chi connectivity index (χ0n) is 14.1. The second-order valence-corrected chi connectivity index (χ2v) is 6.17. The number of carbonyl (C=O) groups excluding carboxylic acids is 2. The monoisotopic (exact) mass is 331 g/mol. The average molecular weight is 332 g/mol. The lowest BCUT2D eigenvalue weighted by Crippen LogP contribution is -2.39. The number of carbonyl (C=O) groups is 2. The number of nitrogens with zero attached hydrogens (tertiary/aromatic N) is 1. The maximum atomic E-state index is 11.8. The molecule has 0 heterocycles. The number of amides is 2. The highest BCUT2D eigenvalue weighted by Crippen LogP contribution is 2.11. The van der Waals surface area contributed by atoms with Gasteiger partial charge >= 0.3 is 0 Å². The van der Waals surface area contributed by atoms with Gasteiger partial charge in [-0.15, -0.1) is 0 Å². The lowest BCUT2D eigenvalue weighted by molar-refractivity contribution is -0.122. The number of nitrogens with one attached hydrogen (secondary N) is 1. The molecule has 0 aromatic rings. The summed E-state index contributed by atoms with van der Waals surface area (Å²) in [6.07, 6.45) is 5.40. The maximum Gasteiger partial charge on any atom is 0.221 e. The third-order valence-electron chi connectivity index (χ3n) is 3.71. The predicted octanol–water partition coefficient (Wildman–Crippen LogP) is 1.82. The molecule has 0 spiro atoms. The van der Waals surface area contributed by atoms with Crippen molar-refractivity contribution in [2.24, 2.45) is 11.7 Å². The largest absolute Gasteiger partial charge is 0.369 e. The first-order valence-electron chi connectivity index (χ1n) is 8.44. The molecule has 130 valence electrons. The first kappa shape index (κ1) is 21.2. The summed E-state index contributed by atoms with van der Waals surface area (Å²) in [7, 11) is 0. The summed E-state index contributed by atoms with van der Waals surface area (Å²) < 4.78 is 0. The molecular weight excluding hydrogens is 298 g/mol. The summed E-state index contributed by atoms with van der Waals surface area (Å²) in [5.41, 5.74) is 5.49. The van der Waals surface area contributed by atoms with Crippen LogP contribution in [0.15, 0.2) is 0 Å². The number of hydrogen-bond donors (Lipinski definition) is 3. The van der Waals surface area contributed by atoms with E-state index in [0.717, 1.165) is 45.2 Å². The minimum absolute atomic E-state index is 0.0711. The van der Waals surface area contributed by atoms with Crippen LogP contribution in [0.3, 0.4) is 0 Å². The van der Waals surface area contributed by atoms with Crippen molar-refractivity contribution < 1.29 is 9.59 Å². The second kappa shape index (κ2) is 13.9. The molecule has 1 atom stereocenters. The van der Waals surface area contributed by atoms with Gasteiger partial charge in [0.1, 0.15) is 0 Å². The Kier molecular flexibility index (Phi) is 13.4. The van der Waals surface area contributed by atoms with Gasteiger partial charge in [0.15, 0.2) is 0 Å². The lowest BCUT2D eigenvalue weighted by Gasteiger charge is -2.25. The van der Waals surface area contributed by atoms with Crippen LogP contribution in [0, 0.1) is 5.92 Å². The summed E-state index contributed by atoms with van der Waals surface area (Å²) in [4.78, 5) is 25.4. The summed E-state index contributed by atoms with van der Waals surface area (Å²) in [5.74, 6) is 0.395. The van der Waals surface area contributed by atoms with E-state index >= 15 is 0 Å². The first-order chi connectivity index (χ1) is 10.5. The Balaban J connectivity index is 4.26. The zero-order valence-corrected chi connectivity index (χ0v) is 15.0. The average Bonchev–Trinajstić information content (AvgIpc) is 2.48. The number of rotatable bonds is 14. The molecule has 0 aromatic carbocycles. The number of hydrogen-bond acceptors (Lipinski definition) is 4. The van der Waals surface area contributed by atoms with E-state index < -0.39 is 0 Å². The van der Waals surface area contributed by atoms with E-state index in [9.17, 15) is 9.59 Å². The third kappa shape index (κ3) is 10.9. The predicted molar refractivity (Wildman–Crippen MR) is 95.0 cm³/mol. The molecule has 0 aliphatic carbocycles. The smallest absolute Gasteiger partial charge is 0.221 e. The molecule has 0 rings (SSSR count). The van der Waals surface area contributed by atoms with E-state index in [1.165, 1.54) is 0 Å². The molecule has 6 heteroatoms. The molecule has 0 fully saturated rings. The van der Waals surface area contributed by atoms with Crippen molar-refractivity contribution in [1.29, 1.82) is 0 Å². The number of nitrogens with two attached hydrogens (primary N) is 1. The van der Waals surface area contributed by atoms with Gasteiger partial charge in [-0.3, -0.25) is 9.59 Å².